The summed E-state index contributed by atoms with van der Waals surface area (Å²) in [7, 11) is 0. The summed E-state index contributed by atoms with van der Waals surface area (Å²) in [4.78, 5) is 11.9. The van der Waals surface area contributed by atoms with Crippen LogP contribution in [0.1, 0.15) is 43.6 Å². The van der Waals surface area contributed by atoms with Crippen molar-refractivity contribution in [3.63, 3.8) is 0 Å². The monoisotopic (exact) mass is 242 g/mol. The molecule has 0 aliphatic heterocycles. The first-order valence-electron chi connectivity index (χ1n) is 6.53. The van der Waals surface area contributed by atoms with Gasteiger partial charge in [-0.1, -0.05) is 43.2 Å². The van der Waals surface area contributed by atoms with E-state index >= 15 is 0 Å². The molecule has 1 saturated carbocycles. The summed E-state index contributed by atoms with van der Waals surface area (Å²) in [5, 5.41) is 12.2. The molecule has 0 aromatic heterocycles. The van der Waals surface area contributed by atoms with Crippen molar-refractivity contribution in [3.05, 3.63) is 35.9 Å². The van der Waals surface area contributed by atoms with Crippen LogP contribution in [0.2, 0.25) is 0 Å². The van der Waals surface area contributed by atoms with Crippen molar-refractivity contribution in [1.82, 2.24) is 5.32 Å². The van der Waals surface area contributed by atoms with Crippen LogP contribution in [0.4, 0.5) is 0 Å². The highest BCUT2D eigenvalue weighted by Crippen LogP contribution is 2.21. The molecule has 2 rings (SSSR count). The van der Waals surface area contributed by atoms with E-state index in [1.54, 1.807) is 0 Å². The van der Waals surface area contributed by atoms with Crippen LogP contribution < -0.4 is 5.32 Å². The Hall–Kier alpha value is -1.82. The molecular formula is C15H18N2O. The molecule has 1 N–H and O–H groups in total. The Bertz CT molecular complexity index is 430. The number of nitrogens with one attached hydrogen (secondary N) is 1. The van der Waals surface area contributed by atoms with Crippen molar-refractivity contribution in [2.24, 2.45) is 0 Å². The average molecular weight is 242 g/mol. The van der Waals surface area contributed by atoms with E-state index in [4.69, 9.17) is 5.26 Å². The molecule has 3 nitrogen and oxygen atoms in total. The molecule has 1 aliphatic carbocycles. The Morgan fingerprint density at radius 3 is 2.61 bits per heavy atom. The van der Waals surface area contributed by atoms with E-state index in [0.29, 0.717) is 6.04 Å². The standard InChI is InChI=1S/C15H18N2O/c16-11-13(12-6-2-1-3-7-12)10-15(18)17-14-8-4-5-9-14/h1-3,6-7,13-14H,4-5,8-10H2,(H,17,18). The smallest absolute Gasteiger partial charge is 0.221 e. The van der Waals surface area contributed by atoms with E-state index in [-0.39, 0.29) is 18.2 Å². The fraction of sp³-hybridized carbons (Fsp3) is 0.467. The van der Waals surface area contributed by atoms with Gasteiger partial charge >= 0.3 is 0 Å². The molecule has 1 fully saturated rings. The highest BCUT2D eigenvalue weighted by atomic mass is 16.1. The number of carbonyl (C=O) groups is 1. The fourth-order valence-electron chi connectivity index (χ4n) is 2.47. The Balaban J connectivity index is 1.90. The fourth-order valence-corrected chi connectivity index (χ4v) is 2.47. The van der Waals surface area contributed by atoms with Crippen LogP contribution in [-0.2, 0) is 4.79 Å². The molecule has 1 aliphatic rings. The van der Waals surface area contributed by atoms with E-state index in [0.717, 1.165) is 18.4 Å². The minimum atomic E-state index is -0.340. The molecule has 0 saturated heterocycles. The number of nitrogens with zero attached hydrogens (tertiary/aromatic N) is 1. The van der Waals surface area contributed by atoms with Gasteiger partial charge < -0.3 is 5.32 Å². The van der Waals surface area contributed by atoms with Crippen molar-refractivity contribution >= 4 is 5.91 Å². The van der Waals surface area contributed by atoms with Crippen LogP contribution in [0, 0.1) is 11.3 Å². The lowest BCUT2D eigenvalue weighted by Crippen LogP contribution is -2.33. The Morgan fingerprint density at radius 2 is 2.00 bits per heavy atom. The number of amides is 1. The van der Waals surface area contributed by atoms with Crippen LogP contribution in [-0.4, -0.2) is 11.9 Å². The van der Waals surface area contributed by atoms with Crippen LogP contribution in [0.25, 0.3) is 0 Å². The maximum absolute atomic E-state index is 11.9. The van der Waals surface area contributed by atoms with Gasteiger partial charge in [0.15, 0.2) is 0 Å². The molecule has 0 heterocycles. The van der Waals surface area contributed by atoms with E-state index in [1.165, 1.54) is 12.8 Å². The topological polar surface area (TPSA) is 52.9 Å². The van der Waals surface area contributed by atoms with Gasteiger partial charge in [0.2, 0.25) is 5.91 Å². The molecule has 0 radical (unpaired) electrons. The van der Waals surface area contributed by atoms with Gasteiger partial charge in [-0.15, -0.1) is 0 Å². The Morgan fingerprint density at radius 1 is 1.33 bits per heavy atom. The molecule has 1 atom stereocenters. The van der Waals surface area contributed by atoms with Gasteiger partial charge in [-0.25, -0.2) is 0 Å². The zero-order chi connectivity index (χ0) is 12.8. The molecule has 1 aromatic carbocycles. The number of hydrogen-bond donors (Lipinski definition) is 1. The van der Waals surface area contributed by atoms with Gasteiger partial charge in [0, 0.05) is 12.5 Å². The molecular weight excluding hydrogens is 224 g/mol. The predicted molar refractivity (Wildman–Crippen MR) is 69.8 cm³/mol. The first-order valence-corrected chi connectivity index (χ1v) is 6.53. The van der Waals surface area contributed by atoms with E-state index in [2.05, 4.69) is 11.4 Å². The highest BCUT2D eigenvalue weighted by Gasteiger charge is 2.20. The summed E-state index contributed by atoms with van der Waals surface area (Å²) < 4.78 is 0. The molecule has 94 valence electrons. The zero-order valence-corrected chi connectivity index (χ0v) is 10.4. The SMILES string of the molecule is N#CC(CC(=O)NC1CCCC1)c1ccccc1. The van der Waals surface area contributed by atoms with Gasteiger partial charge in [-0.2, -0.15) is 5.26 Å². The molecule has 0 bridgehead atoms. The number of benzene rings is 1. The summed E-state index contributed by atoms with van der Waals surface area (Å²) in [5.74, 6) is -0.343. The minimum absolute atomic E-state index is 0.00250. The predicted octanol–water partition coefficient (Wildman–Crippen LogP) is 2.74. The van der Waals surface area contributed by atoms with Crippen LogP contribution >= 0.6 is 0 Å². The van der Waals surface area contributed by atoms with Crippen LogP contribution in [0.15, 0.2) is 30.3 Å². The quantitative estimate of drug-likeness (QED) is 0.882. The summed E-state index contributed by atoms with van der Waals surface area (Å²) in [6, 6.07) is 12.0. The van der Waals surface area contributed by atoms with Gasteiger partial charge in [0.1, 0.15) is 0 Å². The van der Waals surface area contributed by atoms with Gasteiger partial charge in [-0.3, -0.25) is 4.79 Å². The first kappa shape index (κ1) is 12.6. The van der Waals surface area contributed by atoms with E-state index in [1.807, 2.05) is 30.3 Å². The lowest BCUT2D eigenvalue weighted by atomic mass is 9.97. The third-order valence-corrected chi connectivity index (χ3v) is 3.47. The van der Waals surface area contributed by atoms with E-state index in [9.17, 15) is 4.79 Å². The maximum atomic E-state index is 11.9. The van der Waals surface area contributed by atoms with Crippen molar-refractivity contribution < 1.29 is 4.79 Å². The number of carbonyl (C=O) groups excluding carboxylic acids is 1. The number of nitriles is 1. The van der Waals surface area contributed by atoms with Crippen molar-refractivity contribution in [2.75, 3.05) is 0 Å². The molecule has 18 heavy (non-hydrogen) atoms. The lowest BCUT2D eigenvalue weighted by Gasteiger charge is -2.14. The molecule has 1 unspecified atom stereocenters. The van der Waals surface area contributed by atoms with Gasteiger partial charge in [0.25, 0.3) is 0 Å². The normalized spacial score (nSPS) is 17.1. The van der Waals surface area contributed by atoms with Crippen LogP contribution in [0.3, 0.4) is 0 Å². The molecule has 1 aromatic rings. The second-order valence-electron chi connectivity index (χ2n) is 4.85. The second-order valence-corrected chi connectivity index (χ2v) is 4.85. The van der Waals surface area contributed by atoms with Gasteiger partial charge in [0.05, 0.1) is 12.0 Å². The third kappa shape index (κ3) is 3.33. The largest absolute Gasteiger partial charge is 0.353 e. The maximum Gasteiger partial charge on any atom is 0.221 e. The first-order chi connectivity index (χ1) is 8.79. The molecule has 3 heteroatoms. The number of hydrogen-bond acceptors (Lipinski definition) is 2. The average Bonchev–Trinajstić information content (AvgIpc) is 2.90. The van der Waals surface area contributed by atoms with Crippen molar-refractivity contribution in [1.29, 1.82) is 5.26 Å². The summed E-state index contributed by atoms with van der Waals surface area (Å²) >= 11 is 0. The van der Waals surface area contributed by atoms with Crippen molar-refractivity contribution in [2.45, 2.75) is 44.1 Å². The van der Waals surface area contributed by atoms with E-state index < -0.39 is 0 Å². The van der Waals surface area contributed by atoms with Gasteiger partial charge in [-0.05, 0) is 18.4 Å². The lowest BCUT2D eigenvalue weighted by molar-refractivity contribution is -0.121. The Kier molecular flexibility index (Phi) is 4.35. The van der Waals surface area contributed by atoms with Crippen LogP contribution in [0.5, 0.6) is 0 Å². The zero-order valence-electron chi connectivity index (χ0n) is 10.4. The minimum Gasteiger partial charge on any atom is -0.353 e. The summed E-state index contributed by atoms with van der Waals surface area (Å²) in [6.07, 6.45) is 4.82. The summed E-state index contributed by atoms with van der Waals surface area (Å²) in [5.41, 5.74) is 0.918. The highest BCUT2D eigenvalue weighted by molar-refractivity contribution is 5.77. The molecule has 0 spiro atoms. The third-order valence-electron chi connectivity index (χ3n) is 3.47. The second kappa shape index (κ2) is 6.20. The summed E-state index contributed by atoms with van der Waals surface area (Å²) in [6.45, 7) is 0. The number of rotatable bonds is 4. The molecule has 1 amide bonds. The van der Waals surface area contributed by atoms with Crippen molar-refractivity contribution in [3.8, 4) is 6.07 Å². The Labute approximate surface area is 108 Å².